The molecule has 30 heavy (non-hydrogen) atoms. The third-order valence-corrected chi connectivity index (χ3v) is 4.85. The highest BCUT2D eigenvalue weighted by Gasteiger charge is 2.18. The molecule has 0 bridgehead atoms. The van der Waals surface area contributed by atoms with Gasteiger partial charge < -0.3 is 14.9 Å². The summed E-state index contributed by atoms with van der Waals surface area (Å²) in [4.78, 5) is 24.7. The fraction of sp³-hybridized carbons (Fsp3) is 0.238. The molecule has 0 aliphatic rings. The van der Waals surface area contributed by atoms with Crippen molar-refractivity contribution in [2.45, 2.75) is 26.3 Å². The lowest BCUT2D eigenvalue weighted by molar-refractivity contribution is 0.0945. The van der Waals surface area contributed by atoms with Crippen LogP contribution in [0.15, 0.2) is 46.6 Å². The van der Waals surface area contributed by atoms with E-state index in [9.17, 15) is 19.8 Å². The molecule has 3 rings (SSSR count). The number of amides is 2. The van der Waals surface area contributed by atoms with Gasteiger partial charge in [0.25, 0.3) is 11.8 Å². The second kappa shape index (κ2) is 8.96. The smallest absolute Gasteiger partial charge is 0.299 e. The molecule has 1 heterocycles. The average molecular weight is 430 g/mol. The predicted octanol–water partition coefficient (Wildman–Crippen LogP) is 4.95. The number of carbonyl (C=O) groups excluding carboxylic acids is 2. The quantitative estimate of drug-likeness (QED) is 0.538. The first-order chi connectivity index (χ1) is 14.4. The maximum Gasteiger partial charge on any atom is 0.299 e. The van der Waals surface area contributed by atoms with Crippen molar-refractivity contribution in [3.8, 4) is 17.5 Å². The Kier molecular flexibility index (Phi) is 6.37. The second-order valence-corrected chi connectivity index (χ2v) is 7.00. The van der Waals surface area contributed by atoms with E-state index < -0.39 is 11.8 Å². The minimum atomic E-state index is -0.782. The molecule has 0 spiro atoms. The van der Waals surface area contributed by atoms with Crippen molar-refractivity contribution >= 4 is 34.2 Å². The Balaban J connectivity index is 1.87. The first-order valence-electron chi connectivity index (χ1n) is 9.25. The highest BCUT2D eigenvalue weighted by molar-refractivity contribution is 6.31. The summed E-state index contributed by atoms with van der Waals surface area (Å²) in [7, 11) is 1.39. The number of aromatic nitrogens is 1. The van der Waals surface area contributed by atoms with E-state index in [1.807, 2.05) is 6.92 Å². The molecule has 0 unspecified atom stereocenters. The fourth-order valence-electron chi connectivity index (χ4n) is 3.03. The van der Waals surface area contributed by atoms with Gasteiger partial charge in [-0.3, -0.25) is 14.2 Å². The van der Waals surface area contributed by atoms with Crippen molar-refractivity contribution in [1.29, 1.82) is 0 Å². The number of ether oxygens (including phenoxy) is 1. The lowest BCUT2D eigenvalue weighted by Crippen LogP contribution is -2.00. The number of hydrogen-bond acceptors (Lipinski definition) is 5. The summed E-state index contributed by atoms with van der Waals surface area (Å²) in [6.07, 6.45) is 1.67. The number of rotatable bonds is 6. The molecule has 2 aromatic carbocycles. The third kappa shape index (κ3) is 4.13. The van der Waals surface area contributed by atoms with E-state index >= 15 is 0 Å². The van der Waals surface area contributed by atoms with Crippen LogP contribution in [-0.2, 0) is 6.54 Å². The van der Waals surface area contributed by atoms with E-state index in [4.69, 9.17) is 16.3 Å². The van der Waals surface area contributed by atoms with Crippen LogP contribution in [0, 0.1) is 0 Å². The van der Waals surface area contributed by atoms with Crippen LogP contribution in [0.2, 0.25) is 5.02 Å². The van der Waals surface area contributed by atoms with Crippen LogP contribution in [0.1, 0.15) is 40.5 Å². The summed E-state index contributed by atoms with van der Waals surface area (Å²) in [5.74, 6) is -1.51. The molecule has 0 radical (unpaired) electrons. The van der Waals surface area contributed by atoms with Crippen molar-refractivity contribution in [2.24, 2.45) is 10.2 Å². The molecule has 0 saturated carbocycles. The number of hydrogen-bond donors (Lipinski definition) is 2. The molecule has 0 saturated heterocycles. The summed E-state index contributed by atoms with van der Waals surface area (Å²) in [6.45, 7) is 2.45. The van der Waals surface area contributed by atoms with E-state index in [2.05, 4.69) is 10.2 Å². The molecule has 3 aromatic rings. The van der Waals surface area contributed by atoms with E-state index in [0.717, 1.165) is 12.8 Å². The number of unbranched alkanes of at least 4 members (excludes halogenated alkanes) is 1. The molecule has 0 atom stereocenters. The van der Waals surface area contributed by atoms with Gasteiger partial charge in [-0.2, -0.15) is 0 Å². The monoisotopic (exact) mass is 429 g/mol. The standard InChI is InChI=1S/C21H20ClN3O5/c1-3-4-9-25-20(28)14-7-5-12(10-15(14)21(25)29)18(26)23-24-19(27)16-11-13(22)6-8-17(16)30-2/h5-8,10-11,28-29H,3-4,9H2,1-2H3. The Labute approximate surface area is 177 Å². The topological polar surface area (TPSA) is 113 Å². The van der Waals surface area contributed by atoms with Crippen LogP contribution in [-0.4, -0.2) is 33.7 Å². The van der Waals surface area contributed by atoms with Gasteiger partial charge in [-0.1, -0.05) is 24.9 Å². The summed E-state index contributed by atoms with van der Waals surface area (Å²) >= 11 is 5.90. The number of carbonyl (C=O) groups is 2. The fourth-order valence-corrected chi connectivity index (χ4v) is 3.20. The van der Waals surface area contributed by atoms with E-state index in [-0.39, 0.29) is 28.6 Å². The summed E-state index contributed by atoms with van der Waals surface area (Å²) in [6, 6.07) is 8.80. The van der Waals surface area contributed by atoms with Crippen LogP contribution in [0.5, 0.6) is 17.5 Å². The predicted molar refractivity (Wildman–Crippen MR) is 112 cm³/mol. The number of aromatic hydroxyl groups is 2. The first kappa shape index (κ1) is 21.3. The molecule has 156 valence electrons. The number of halogens is 1. The van der Waals surface area contributed by atoms with Crippen LogP contribution in [0.3, 0.4) is 0 Å². The molecule has 1 aromatic heterocycles. The zero-order chi connectivity index (χ0) is 21.8. The molecule has 0 aliphatic carbocycles. The van der Waals surface area contributed by atoms with Gasteiger partial charge in [-0.25, -0.2) is 0 Å². The maximum absolute atomic E-state index is 12.4. The molecule has 0 fully saturated rings. The molecule has 0 aliphatic heterocycles. The SMILES string of the molecule is CCCCn1c(O)c2ccc(C(=O)N=NC(=O)c3cc(Cl)ccc3OC)cc2c1O. The van der Waals surface area contributed by atoms with Crippen molar-refractivity contribution in [3.63, 3.8) is 0 Å². The highest BCUT2D eigenvalue weighted by Crippen LogP contribution is 2.37. The Morgan fingerprint density at radius 2 is 1.73 bits per heavy atom. The van der Waals surface area contributed by atoms with Crippen LogP contribution >= 0.6 is 11.6 Å². The van der Waals surface area contributed by atoms with E-state index in [1.165, 1.54) is 42.0 Å². The van der Waals surface area contributed by atoms with Crippen LogP contribution in [0.4, 0.5) is 0 Å². The molecular weight excluding hydrogens is 410 g/mol. The van der Waals surface area contributed by atoms with Gasteiger partial charge in [-0.05, 0) is 42.8 Å². The number of benzene rings is 2. The van der Waals surface area contributed by atoms with Gasteiger partial charge in [-0.15, -0.1) is 10.2 Å². The Bertz CT molecular complexity index is 1150. The van der Waals surface area contributed by atoms with E-state index in [0.29, 0.717) is 22.3 Å². The zero-order valence-corrected chi connectivity index (χ0v) is 17.2. The highest BCUT2D eigenvalue weighted by atomic mass is 35.5. The lowest BCUT2D eigenvalue weighted by Gasteiger charge is -2.04. The summed E-state index contributed by atoms with van der Waals surface area (Å²) in [5.41, 5.74) is 0.188. The van der Waals surface area contributed by atoms with Crippen LogP contribution < -0.4 is 4.74 Å². The number of azo groups is 1. The normalized spacial score (nSPS) is 11.3. The maximum atomic E-state index is 12.4. The third-order valence-electron chi connectivity index (χ3n) is 4.62. The molecule has 8 nitrogen and oxygen atoms in total. The van der Waals surface area contributed by atoms with Gasteiger partial charge in [0, 0.05) is 27.9 Å². The zero-order valence-electron chi connectivity index (χ0n) is 16.4. The second-order valence-electron chi connectivity index (χ2n) is 6.57. The minimum absolute atomic E-state index is 0.0696. The van der Waals surface area contributed by atoms with Gasteiger partial charge in [0.1, 0.15) is 5.75 Å². The number of nitrogens with zero attached hydrogens (tertiary/aromatic N) is 3. The van der Waals surface area contributed by atoms with E-state index in [1.54, 1.807) is 6.07 Å². The van der Waals surface area contributed by atoms with Gasteiger partial charge in [0.2, 0.25) is 11.8 Å². The summed E-state index contributed by atoms with van der Waals surface area (Å²) < 4.78 is 6.48. The van der Waals surface area contributed by atoms with Gasteiger partial charge in [0.15, 0.2) is 0 Å². The minimum Gasteiger partial charge on any atom is -0.496 e. The lowest BCUT2D eigenvalue weighted by atomic mass is 10.1. The Morgan fingerprint density at radius 1 is 1.03 bits per heavy atom. The van der Waals surface area contributed by atoms with Crippen molar-refractivity contribution in [2.75, 3.05) is 7.11 Å². The Morgan fingerprint density at radius 3 is 2.43 bits per heavy atom. The van der Waals surface area contributed by atoms with Crippen molar-refractivity contribution in [1.82, 2.24) is 4.57 Å². The summed E-state index contributed by atoms with van der Waals surface area (Å²) in [5, 5.41) is 28.7. The van der Waals surface area contributed by atoms with Crippen LogP contribution in [0.25, 0.3) is 10.8 Å². The molecular formula is C21H20ClN3O5. The largest absolute Gasteiger partial charge is 0.496 e. The van der Waals surface area contributed by atoms with Gasteiger partial charge in [0.05, 0.1) is 12.7 Å². The Hall–Kier alpha value is -3.39. The van der Waals surface area contributed by atoms with Gasteiger partial charge >= 0.3 is 0 Å². The number of fused-ring (bicyclic) bond motifs is 1. The number of methoxy groups -OCH3 is 1. The average Bonchev–Trinajstić information content (AvgIpc) is 2.99. The first-order valence-corrected chi connectivity index (χ1v) is 9.63. The molecule has 2 N–H and O–H groups in total. The van der Waals surface area contributed by atoms with Crippen molar-refractivity contribution < 1.29 is 24.5 Å². The van der Waals surface area contributed by atoms with Crippen molar-refractivity contribution in [3.05, 3.63) is 52.5 Å². The molecule has 2 amide bonds. The molecule has 9 heteroatoms.